The van der Waals surface area contributed by atoms with Crippen LogP contribution in [0.5, 0.6) is 5.75 Å². The van der Waals surface area contributed by atoms with Crippen LogP contribution in [0, 0.1) is 5.92 Å². The molecular formula is C22H30N4OS. The molecule has 1 atom stereocenters. The highest BCUT2D eigenvalue weighted by molar-refractivity contribution is 7.99. The Kier molecular flexibility index (Phi) is 7.91. The number of ether oxygens (including phenoxy) is 1. The van der Waals surface area contributed by atoms with Crippen LogP contribution in [0.15, 0.2) is 64.5 Å². The number of nitrogens with zero attached hydrogens (tertiary/aromatic N) is 2. The Labute approximate surface area is 172 Å². The highest BCUT2D eigenvalue weighted by atomic mass is 32.2. The topological polar surface area (TPSA) is 48.9 Å². The second-order valence-corrected chi connectivity index (χ2v) is 8.01. The summed E-state index contributed by atoms with van der Waals surface area (Å²) in [6, 6.07) is 18.8. The average Bonchev–Trinajstić information content (AvgIpc) is 3.23. The van der Waals surface area contributed by atoms with Gasteiger partial charge < -0.3 is 20.3 Å². The fourth-order valence-electron chi connectivity index (χ4n) is 3.36. The molecule has 1 saturated heterocycles. The zero-order chi connectivity index (χ0) is 19.6. The van der Waals surface area contributed by atoms with Crippen LogP contribution < -0.4 is 20.3 Å². The fourth-order valence-corrected chi connectivity index (χ4v) is 4.15. The maximum atomic E-state index is 5.34. The normalized spacial score (nSPS) is 16.9. The Morgan fingerprint density at radius 2 is 2.04 bits per heavy atom. The van der Waals surface area contributed by atoms with Gasteiger partial charge in [-0.3, -0.25) is 4.99 Å². The zero-order valence-electron chi connectivity index (χ0n) is 16.7. The third-order valence-corrected chi connectivity index (χ3v) is 5.91. The number of methoxy groups -OCH3 is 1. The molecule has 1 fully saturated rings. The summed E-state index contributed by atoms with van der Waals surface area (Å²) in [6.45, 7) is 3.96. The van der Waals surface area contributed by atoms with Crippen molar-refractivity contribution in [3.05, 3.63) is 54.6 Å². The summed E-state index contributed by atoms with van der Waals surface area (Å²) in [4.78, 5) is 8.08. The van der Waals surface area contributed by atoms with Crippen molar-refractivity contribution in [2.45, 2.75) is 11.3 Å². The van der Waals surface area contributed by atoms with Gasteiger partial charge in [-0.15, -0.1) is 11.8 Å². The van der Waals surface area contributed by atoms with Crippen LogP contribution >= 0.6 is 11.8 Å². The molecule has 0 spiro atoms. The predicted octanol–water partition coefficient (Wildman–Crippen LogP) is 3.48. The molecule has 2 aromatic rings. The molecule has 5 nitrogen and oxygen atoms in total. The van der Waals surface area contributed by atoms with Crippen molar-refractivity contribution in [1.82, 2.24) is 10.6 Å². The second kappa shape index (κ2) is 10.9. The maximum Gasteiger partial charge on any atom is 0.191 e. The molecule has 1 aliphatic rings. The summed E-state index contributed by atoms with van der Waals surface area (Å²) in [7, 11) is 3.55. The third-order valence-electron chi connectivity index (χ3n) is 4.89. The Bertz CT molecular complexity index is 753. The lowest BCUT2D eigenvalue weighted by molar-refractivity contribution is 0.415. The molecule has 0 amide bonds. The van der Waals surface area contributed by atoms with E-state index < -0.39 is 0 Å². The monoisotopic (exact) mass is 398 g/mol. The highest BCUT2D eigenvalue weighted by Gasteiger charge is 2.23. The van der Waals surface area contributed by atoms with E-state index in [0.29, 0.717) is 5.92 Å². The first kappa shape index (κ1) is 20.4. The van der Waals surface area contributed by atoms with Crippen molar-refractivity contribution in [3.63, 3.8) is 0 Å². The number of hydrogen-bond donors (Lipinski definition) is 2. The van der Waals surface area contributed by atoms with Gasteiger partial charge in [-0.2, -0.15) is 0 Å². The van der Waals surface area contributed by atoms with Crippen molar-refractivity contribution in [2.24, 2.45) is 10.9 Å². The maximum absolute atomic E-state index is 5.34. The standard InChI is InChI=1S/C22H30N4OS/c1-23-22(24-12-14-28-21-9-4-3-5-10-21)25-16-18-11-13-26(17-18)19-7-6-8-20(15-19)27-2/h3-10,15,18H,11-14,16-17H2,1-2H3,(H2,23,24,25). The number of hydrogen-bond acceptors (Lipinski definition) is 4. The van der Waals surface area contributed by atoms with Crippen molar-refractivity contribution >= 4 is 23.4 Å². The number of thioether (sulfide) groups is 1. The minimum Gasteiger partial charge on any atom is -0.497 e. The quantitative estimate of drug-likeness (QED) is 0.309. The van der Waals surface area contributed by atoms with Crippen LogP contribution in [0.4, 0.5) is 5.69 Å². The summed E-state index contributed by atoms with van der Waals surface area (Å²) in [5.74, 6) is 3.42. The van der Waals surface area contributed by atoms with Gasteiger partial charge in [0, 0.05) is 55.6 Å². The molecule has 3 rings (SSSR count). The van der Waals surface area contributed by atoms with Crippen LogP contribution in [-0.4, -0.2) is 52.0 Å². The molecule has 28 heavy (non-hydrogen) atoms. The van der Waals surface area contributed by atoms with Gasteiger partial charge in [0.15, 0.2) is 5.96 Å². The van der Waals surface area contributed by atoms with E-state index in [9.17, 15) is 0 Å². The van der Waals surface area contributed by atoms with E-state index in [-0.39, 0.29) is 0 Å². The first-order chi connectivity index (χ1) is 13.8. The molecule has 1 unspecified atom stereocenters. The molecule has 0 aliphatic carbocycles. The molecule has 0 aromatic heterocycles. The van der Waals surface area contributed by atoms with Crippen LogP contribution in [0.1, 0.15) is 6.42 Å². The lowest BCUT2D eigenvalue weighted by Gasteiger charge is -2.20. The van der Waals surface area contributed by atoms with Crippen molar-refractivity contribution in [2.75, 3.05) is 51.0 Å². The van der Waals surface area contributed by atoms with Crippen LogP contribution in [0.2, 0.25) is 0 Å². The van der Waals surface area contributed by atoms with Gasteiger partial charge in [-0.25, -0.2) is 0 Å². The number of anilines is 1. The lowest BCUT2D eigenvalue weighted by atomic mass is 10.1. The molecule has 0 radical (unpaired) electrons. The van der Waals surface area contributed by atoms with Gasteiger partial charge in [0.25, 0.3) is 0 Å². The van der Waals surface area contributed by atoms with E-state index in [1.807, 2.05) is 30.9 Å². The lowest BCUT2D eigenvalue weighted by Crippen LogP contribution is -2.41. The third kappa shape index (κ3) is 6.09. The van der Waals surface area contributed by atoms with Crippen molar-refractivity contribution in [1.29, 1.82) is 0 Å². The largest absolute Gasteiger partial charge is 0.497 e. The number of nitrogens with one attached hydrogen (secondary N) is 2. The van der Waals surface area contributed by atoms with Gasteiger partial charge >= 0.3 is 0 Å². The van der Waals surface area contributed by atoms with Crippen LogP contribution in [0.25, 0.3) is 0 Å². The Morgan fingerprint density at radius 1 is 1.18 bits per heavy atom. The fraction of sp³-hybridized carbons (Fsp3) is 0.409. The Morgan fingerprint density at radius 3 is 2.82 bits per heavy atom. The summed E-state index contributed by atoms with van der Waals surface area (Å²) in [5.41, 5.74) is 1.24. The number of rotatable bonds is 8. The molecule has 0 bridgehead atoms. The second-order valence-electron chi connectivity index (χ2n) is 6.84. The SMILES string of the molecule is CN=C(NCCSc1ccccc1)NCC1CCN(c2cccc(OC)c2)C1. The van der Waals surface area contributed by atoms with Gasteiger partial charge in [-0.1, -0.05) is 24.3 Å². The van der Waals surface area contributed by atoms with Crippen molar-refractivity contribution in [3.8, 4) is 5.75 Å². The summed E-state index contributed by atoms with van der Waals surface area (Å²) < 4.78 is 5.34. The first-order valence-corrected chi connectivity index (χ1v) is 10.8. The van der Waals surface area contributed by atoms with Crippen LogP contribution in [-0.2, 0) is 0 Å². The molecule has 6 heteroatoms. The molecule has 150 valence electrons. The average molecular weight is 399 g/mol. The number of guanidine groups is 1. The summed E-state index contributed by atoms with van der Waals surface area (Å²) in [6.07, 6.45) is 1.19. The van der Waals surface area contributed by atoms with Gasteiger partial charge in [0.1, 0.15) is 5.75 Å². The predicted molar refractivity (Wildman–Crippen MR) is 120 cm³/mol. The smallest absolute Gasteiger partial charge is 0.191 e. The Balaban J connectivity index is 1.37. The van der Waals surface area contributed by atoms with Gasteiger partial charge in [0.05, 0.1) is 7.11 Å². The molecule has 1 heterocycles. The Hall–Kier alpha value is -2.34. The number of benzene rings is 2. The van der Waals surface area contributed by atoms with E-state index >= 15 is 0 Å². The molecule has 1 aliphatic heterocycles. The summed E-state index contributed by atoms with van der Waals surface area (Å²) >= 11 is 1.85. The summed E-state index contributed by atoms with van der Waals surface area (Å²) in [5, 5.41) is 6.89. The van der Waals surface area contributed by atoms with E-state index in [0.717, 1.165) is 43.6 Å². The molecule has 0 saturated carbocycles. The number of aliphatic imine (C=N–C) groups is 1. The van der Waals surface area contributed by atoms with Crippen LogP contribution in [0.3, 0.4) is 0 Å². The minimum atomic E-state index is 0.614. The first-order valence-electron chi connectivity index (χ1n) is 9.80. The van der Waals surface area contributed by atoms with E-state index in [4.69, 9.17) is 4.74 Å². The van der Waals surface area contributed by atoms with Crippen molar-refractivity contribution < 1.29 is 4.74 Å². The van der Waals surface area contributed by atoms with E-state index in [1.165, 1.54) is 17.0 Å². The van der Waals surface area contributed by atoms with E-state index in [1.54, 1.807) is 7.11 Å². The molecule has 2 aromatic carbocycles. The van der Waals surface area contributed by atoms with Gasteiger partial charge in [0.2, 0.25) is 0 Å². The highest BCUT2D eigenvalue weighted by Crippen LogP contribution is 2.26. The zero-order valence-corrected chi connectivity index (χ0v) is 17.5. The molecule has 2 N–H and O–H groups in total. The van der Waals surface area contributed by atoms with Gasteiger partial charge in [-0.05, 0) is 36.6 Å². The van der Waals surface area contributed by atoms with E-state index in [2.05, 4.69) is 63.0 Å². The minimum absolute atomic E-state index is 0.614. The molecular weight excluding hydrogens is 368 g/mol.